The van der Waals surface area contributed by atoms with Crippen LogP contribution in [-0.4, -0.2) is 28.9 Å². The van der Waals surface area contributed by atoms with Gasteiger partial charge in [-0.3, -0.25) is 0 Å². The van der Waals surface area contributed by atoms with E-state index in [0.29, 0.717) is 18.4 Å². The summed E-state index contributed by atoms with van der Waals surface area (Å²) >= 11 is 0. The molecule has 1 N–H and O–H groups in total. The van der Waals surface area contributed by atoms with E-state index in [1.165, 1.54) is 0 Å². The summed E-state index contributed by atoms with van der Waals surface area (Å²) in [6, 6.07) is 0. The zero-order valence-corrected chi connectivity index (χ0v) is 10.5. The SMILES string of the molecule is CCNCCc1nnc(COC(C)(C)C)o1. The van der Waals surface area contributed by atoms with E-state index >= 15 is 0 Å². The average Bonchev–Trinajstić information content (AvgIpc) is 2.62. The molecule has 0 saturated carbocycles. The van der Waals surface area contributed by atoms with E-state index in [0.717, 1.165) is 19.5 Å². The van der Waals surface area contributed by atoms with Crippen LogP contribution >= 0.6 is 0 Å². The first-order valence-corrected chi connectivity index (χ1v) is 5.67. The fraction of sp³-hybridized carbons (Fsp3) is 0.818. The molecule has 5 nitrogen and oxygen atoms in total. The van der Waals surface area contributed by atoms with E-state index in [2.05, 4.69) is 22.4 Å². The third-order valence-electron chi connectivity index (χ3n) is 1.90. The Morgan fingerprint density at radius 1 is 1.25 bits per heavy atom. The van der Waals surface area contributed by atoms with Crippen LogP contribution in [0.4, 0.5) is 0 Å². The van der Waals surface area contributed by atoms with Gasteiger partial charge in [-0.2, -0.15) is 0 Å². The largest absolute Gasteiger partial charge is 0.423 e. The van der Waals surface area contributed by atoms with Crippen molar-refractivity contribution in [2.24, 2.45) is 0 Å². The topological polar surface area (TPSA) is 60.2 Å². The number of hydrogen-bond donors (Lipinski definition) is 1. The predicted molar refractivity (Wildman–Crippen MR) is 61.1 cm³/mol. The molecule has 1 heterocycles. The molecule has 0 aromatic carbocycles. The lowest BCUT2D eigenvalue weighted by molar-refractivity contribution is -0.0247. The molecule has 1 aromatic heterocycles. The molecule has 5 heteroatoms. The molecule has 1 rings (SSSR count). The molecule has 0 saturated heterocycles. The Morgan fingerprint density at radius 3 is 2.56 bits per heavy atom. The predicted octanol–water partition coefficient (Wildman–Crippen LogP) is 1.54. The summed E-state index contributed by atoms with van der Waals surface area (Å²) in [6.45, 7) is 10.2. The number of likely N-dealkylation sites (N-methyl/N-ethyl adjacent to an activating group) is 1. The molecule has 0 atom stereocenters. The van der Waals surface area contributed by atoms with E-state index in [4.69, 9.17) is 9.15 Å². The Morgan fingerprint density at radius 2 is 1.94 bits per heavy atom. The van der Waals surface area contributed by atoms with Crippen LogP contribution in [0.3, 0.4) is 0 Å². The van der Waals surface area contributed by atoms with Crippen molar-refractivity contribution in [1.82, 2.24) is 15.5 Å². The second kappa shape index (κ2) is 5.96. The fourth-order valence-electron chi connectivity index (χ4n) is 1.10. The highest BCUT2D eigenvalue weighted by Crippen LogP contribution is 2.11. The quantitative estimate of drug-likeness (QED) is 0.747. The number of rotatable bonds is 6. The number of nitrogens with zero attached hydrogens (tertiary/aromatic N) is 2. The Hall–Kier alpha value is -0.940. The van der Waals surface area contributed by atoms with Crippen LogP contribution in [0, 0.1) is 0 Å². The summed E-state index contributed by atoms with van der Waals surface area (Å²) < 4.78 is 11.0. The minimum Gasteiger partial charge on any atom is -0.423 e. The highest BCUT2D eigenvalue weighted by atomic mass is 16.5. The monoisotopic (exact) mass is 227 g/mol. The summed E-state index contributed by atoms with van der Waals surface area (Å²) in [5.41, 5.74) is -0.182. The van der Waals surface area contributed by atoms with Gasteiger partial charge in [0, 0.05) is 13.0 Å². The lowest BCUT2D eigenvalue weighted by Crippen LogP contribution is -2.18. The van der Waals surface area contributed by atoms with Gasteiger partial charge in [0.15, 0.2) is 0 Å². The van der Waals surface area contributed by atoms with E-state index in [1.54, 1.807) is 0 Å². The molecule has 92 valence electrons. The van der Waals surface area contributed by atoms with Crippen LogP contribution in [0.2, 0.25) is 0 Å². The third kappa shape index (κ3) is 5.23. The maximum Gasteiger partial charge on any atom is 0.242 e. The summed E-state index contributed by atoms with van der Waals surface area (Å²) in [4.78, 5) is 0. The lowest BCUT2D eigenvalue weighted by atomic mass is 10.2. The summed E-state index contributed by atoms with van der Waals surface area (Å²) in [6.07, 6.45) is 0.760. The van der Waals surface area contributed by atoms with Gasteiger partial charge in [0.25, 0.3) is 0 Å². The molecule has 0 unspecified atom stereocenters. The maximum atomic E-state index is 5.54. The van der Waals surface area contributed by atoms with Crippen molar-refractivity contribution in [3.8, 4) is 0 Å². The Balaban J connectivity index is 2.33. The van der Waals surface area contributed by atoms with E-state index in [-0.39, 0.29) is 5.60 Å². The van der Waals surface area contributed by atoms with Gasteiger partial charge >= 0.3 is 0 Å². The highest BCUT2D eigenvalue weighted by Gasteiger charge is 2.13. The number of aromatic nitrogens is 2. The van der Waals surface area contributed by atoms with Crippen molar-refractivity contribution < 1.29 is 9.15 Å². The maximum absolute atomic E-state index is 5.54. The first-order valence-electron chi connectivity index (χ1n) is 5.67. The van der Waals surface area contributed by atoms with E-state index < -0.39 is 0 Å². The normalized spacial score (nSPS) is 12.0. The molecular weight excluding hydrogens is 206 g/mol. The Kier molecular flexibility index (Phi) is 4.89. The molecule has 0 bridgehead atoms. The molecule has 0 spiro atoms. The van der Waals surface area contributed by atoms with Crippen molar-refractivity contribution in [3.63, 3.8) is 0 Å². The van der Waals surface area contributed by atoms with Crippen molar-refractivity contribution >= 4 is 0 Å². The second-order valence-electron chi connectivity index (χ2n) is 4.59. The van der Waals surface area contributed by atoms with Gasteiger partial charge < -0.3 is 14.5 Å². The first-order chi connectivity index (χ1) is 7.51. The van der Waals surface area contributed by atoms with E-state index in [9.17, 15) is 0 Å². The van der Waals surface area contributed by atoms with E-state index in [1.807, 2.05) is 20.8 Å². The van der Waals surface area contributed by atoms with Crippen LogP contribution in [0.15, 0.2) is 4.42 Å². The molecule has 0 aliphatic heterocycles. The smallest absolute Gasteiger partial charge is 0.242 e. The summed E-state index contributed by atoms with van der Waals surface area (Å²) in [5.74, 6) is 1.20. The molecule has 0 fully saturated rings. The van der Waals surface area contributed by atoms with Crippen LogP contribution < -0.4 is 5.32 Å². The minimum absolute atomic E-state index is 0.182. The van der Waals surface area contributed by atoms with Crippen molar-refractivity contribution in [1.29, 1.82) is 0 Å². The van der Waals surface area contributed by atoms with Crippen LogP contribution in [0.25, 0.3) is 0 Å². The van der Waals surface area contributed by atoms with Crippen LogP contribution in [-0.2, 0) is 17.8 Å². The molecular formula is C11H21N3O2. The zero-order valence-electron chi connectivity index (χ0n) is 10.5. The van der Waals surface area contributed by atoms with Gasteiger partial charge in [-0.1, -0.05) is 6.92 Å². The van der Waals surface area contributed by atoms with Crippen molar-refractivity contribution in [2.45, 2.75) is 46.3 Å². The summed E-state index contributed by atoms with van der Waals surface area (Å²) in [7, 11) is 0. The summed E-state index contributed by atoms with van der Waals surface area (Å²) in [5, 5.41) is 11.1. The first kappa shape index (κ1) is 13.1. The molecule has 16 heavy (non-hydrogen) atoms. The average molecular weight is 227 g/mol. The van der Waals surface area contributed by atoms with Crippen LogP contribution in [0.1, 0.15) is 39.5 Å². The molecule has 0 amide bonds. The standard InChI is InChI=1S/C11H21N3O2/c1-5-12-7-6-9-13-14-10(16-9)8-15-11(2,3)4/h12H,5-8H2,1-4H3. The van der Waals surface area contributed by atoms with Crippen LogP contribution in [0.5, 0.6) is 0 Å². The fourth-order valence-corrected chi connectivity index (χ4v) is 1.10. The van der Waals surface area contributed by atoms with Crippen molar-refractivity contribution in [2.75, 3.05) is 13.1 Å². The van der Waals surface area contributed by atoms with Gasteiger partial charge in [0.05, 0.1) is 5.60 Å². The lowest BCUT2D eigenvalue weighted by Gasteiger charge is -2.17. The molecule has 0 radical (unpaired) electrons. The van der Waals surface area contributed by atoms with Gasteiger partial charge in [0.1, 0.15) is 6.61 Å². The zero-order chi connectivity index (χ0) is 12.0. The highest BCUT2D eigenvalue weighted by molar-refractivity contribution is 4.81. The molecule has 1 aromatic rings. The number of nitrogens with one attached hydrogen (secondary N) is 1. The number of ether oxygens (including phenoxy) is 1. The van der Waals surface area contributed by atoms with Crippen molar-refractivity contribution in [3.05, 3.63) is 11.8 Å². The van der Waals surface area contributed by atoms with Gasteiger partial charge in [0.2, 0.25) is 11.8 Å². The van der Waals surface area contributed by atoms with Gasteiger partial charge in [-0.25, -0.2) is 0 Å². The second-order valence-corrected chi connectivity index (χ2v) is 4.59. The Labute approximate surface area is 96.6 Å². The molecule has 0 aliphatic rings. The molecule has 0 aliphatic carbocycles. The number of hydrogen-bond acceptors (Lipinski definition) is 5. The minimum atomic E-state index is -0.182. The van der Waals surface area contributed by atoms with Gasteiger partial charge in [-0.05, 0) is 27.3 Å². The third-order valence-corrected chi connectivity index (χ3v) is 1.90. The van der Waals surface area contributed by atoms with Gasteiger partial charge in [-0.15, -0.1) is 10.2 Å². The Bertz CT molecular complexity index is 304.